The Hall–Kier alpha value is -9.84. The first kappa shape index (κ1) is 43.9. The summed E-state index contributed by atoms with van der Waals surface area (Å²) in [5, 5.41) is 5.25. The van der Waals surface area contributed by atoms with E-state index in [1.54, 1.807) is 0 Å². The highest BCUT2D eigenvalue weighted by Gasteiger charge is 2.48. The predicted octanol–water partition coefficient (Wildman–Crippen LogP) is 16.9. The van der Waals surface area contributed by atoms with Gasteiger partial charge in [-0.25, -0.2) is 9.67 Å². The third-order valence-corrected chi connectivity index (χ3v) is 15.4. The molecule has 75 heavy (non-hydrogen) atoms. The molecule has 0 unspecified atom stereocenters. The molecule has 0 amide bonds. The maximum absolute atomic E-state index is 5.30. The molecule has 0 N–H and O–H groups in total. The highest BCUT2D eigenvalue weighted by Crippen LogP contribution is 2.59. The van der Waals surface area contributed by atoms with Gasteiger partial charge < -0.3 is 9.80 Å². The van der Waals surface area contributed by atoms with Gasteiger partial charge in [0.05, 0.1) is 39.3 Å². The first-order chi connectivity index (χ1) is 37.2. The molecular formula is C70H49N5. The van der Waals surface area contributed by atoms with Crippen molar-refractivity contribution in [2.24, 2.45) is 0 Å². The topological polar surface area (TPSA) is 37.2 Å². The van der Waals surface area contributed by atoms with Crippen LogP contribution in [0, 0.1) is 0 Å². The summed E-state index contributed by atoms with van der Waals surface area (Å²) in [6, 6.07) is 107. The van der Waals surface area contributed by atoms with Crippen molar-refractivity contribution in [1.82, 2.24) is 14.8 Å². The lowest BCUT2D eigenvalue weighted by Crippen LogP contribution is -2.37. The Morgan fingerprint density at radius 1 is 0.253 bits per heavy atom. The molecule has 14 rings (SSSR count). The van der Waals surface area contributed by atoms with Gasteiger partial charge >= 0.3 is 0 Å². The molecule has 0 atom stereocenters. The largest absolute Gasteiger partial charge is 0.310 e. The average molecular weight is 960 g/mol. The first-order valence-corrected chi connectivity index (χ1v) is 25.7. The number of anilines is 6. The van der Waals surface area contributed by atoms with Gasteiger partial charge in [0.25, 0.3) is 0 Å². The Balaban J connectivity index is 0.874. The molecule has 11 aromatic carbocycles. The van der Waals surface area contributed by atoms with E-state index in [1.165, 1.54) is 44.5 Å². The highest BCUT2D eigenvalue weighted by molar-refractivity contribution is 5.91. The van der Waals surface area contributed by atoms with Crippen LogP contribution in [-0.2, 0) is 10.8 Å². The lowest BCUT2D eigenvalue weighted by molar-refractivity contribution is 0.731. The molecule has 2 aliphatic rings. The lowest BCUT2D eigenvalue weighted by atomic mass is 9.62. The normalized spacial score (nSPS) is 13.8. The number of hydrogen-bond acceptors (Lipinski definition) is 4. The van der Waals surface area contributed by atoms with E-state index in [1.807, 2.05) is 22.9 Å². The van der Waals surface area contributed by atoms with Gasteiger partial charge in [0, 0.05) is 22.5 Å². The van der Waals surface area contributed by atoms with Gasteiger partial charge in [0.15, 0.2) is 11.6 Å². The maximum atomic E-state index is 5.30. The van der Waals surface area contributed by atoms with Gasteiger partial charge in [-0.1, -0.05) is 224 Å². The molecule has 0 fully saturated rings. The predicted molar refractivity (Wildman–Crippen MR) is 305 cm³/mol. The second-order valence-electron chi connectivity index (χ2n) is 19.3. The van der Waals surface area contributed by atoms with Crippen LogP contribution in [-0.4, -0.2) is 14.8 Å². The molecule has 1 aromatic heterocycles. The summed E-state index contributed by atoms with van der Waals surface area (Å²) >= 11 is 0. The summed E-state index contributed by atoms with van der Waals surface area (Å²) in [5.41, 5.74) is 18.2. The number of hydrogen-bond donors (Lipinski definition) is 0. The monoisotopic (exact) mass is 959 g/mol. The molecule has 0 radical (unpaired) electrons. The van der Waals surface area contributed by atoms with Gasteiger partial charge in [0.2, 0.25) is 0 Å². The summed E-state index contributed by atoms with van der Waals surface area (Å²) in [6.45, 7) is 0. The van der Waals surface area contributed by atoms with Crippen molar-refractivity contribution in [3.63, 3.8) is 0 Å². The molecule has 0 aliphatic carbocycles. The van der Waals surface area contributed by atoms with Crippen LogP contribution in [0.1, 0.15) is 44.5 Å². The van der Waals surface area contributed by atoms with E-state index in [-0.39, 0.29) is 0 Å². The van der Waals surface area contributed by atoms with E-state index in [4.69, 9.17) is 10.1 Å². The molecule has 2 aliphatic heterocycles. The Bertz CT molecular complexity index is 3570. The molecule has 12 aromatic rings. The van der Waals surface area contributed by atoms with Crippen molar-refractivity contribution in [2.75, 3.05) is 9.80 Å². The van der Waals surface area contributed by atoms with Gasteiger partial charge in [-0.2, -0.15) is 0 Å². The molecule has 5 nitrogen and oxygen atoms in total. The molecule has 354 valence electrons. The fraction of sp³-hybridized carbons (Fsp3) is 0.0286. The first-order valence-electron chi connectivity index (χ1n) is 25.7. The van der Waals surface area contributed by atoms with Crippen LogP contribution in [0.4, 0.5) is 34.1 Å². The minimum Gasteiger partial charge on any atom is -0.310 e. The number of aromatic nitrogens is 3. The van der Waals surface area contributed by atoms with Crippen molar-refractivity contribution in [3.8, 4) is 28.5 Å². The van der Waals surface area contributed by atoms with E-state index in [0.29, 0.717) is 5.82 Å². The summed E-state index contributed by atoms with van der Waals surface area (Å²) < 4.78 is 1.99. The second-order valence-corrected chi connectivity index (χ2v) is 19.3. The zero-order valence-corrected chi connectivity index (χ0v) is 41.0. The van der Waals surface area contributed by atoms with E-state index < -0.39 is 10.8 Å². The lowest BCUT2D eigenvalue weighted by Gasteiger charge is -2.46. The smallest absolute Gasteiger partial charge is 0.182 e. The van der Waals surface area contributed by atoms with E-state index in [9.17, 15) is 0 Å². The summed E-state index contributed by atoms with van der Waals surface area (Å²) in [7, 11) is 0. The zero-order valence-electron chi connectivity index (χ0n) is 41.0. The maximum Gasteiger partial charge on any atom is 0.182 e. The Kier molecular flexibility index (Phi) is 10.6. The van der Waals surface area contributed by atoms with Crippen LogP contribution in [0.3, 0.4) is 0 Å². The third kappa shape index (κ3) is 6.86. The fourth-order valence-electron chi connectivity index (χ4n) is 12.3. The second kappa shape index (κ2) is 18.0. The summed E-state index contributed by atoms with van der Waals surface area (Å²) in [4.78, 5) is 10.1. The van der Waals surface area contributed by atoms with Crippen LogP contribution in [0.25, 0.3) is 28.5 Å². The standard InChI is InChI=1S/C70H49N5/c1-6-24-50(25-7-1)67-71-68(51-42-44-56(45-43-51)73-63-38-20-16-34-59(63)69(52-26-8-2-9-27-52,53-28-10-3-11-29-53)60-35-17-21-39-64(60)73)75(72-67)58-48-46-57(47-49-58)74-65-40-22-18-36-61(65)70(54-30-12-4-13-31-54,55-32-14-5-15-33-55)62-37-19-23-41-66(62)74/h1-49H. The van der Waals surface area contributed by atoms with E-state index in [0.717, 1.165) is 56.8 Å². The van der Waals surface area contributed by atoms with Crippen LogP contribution < -0.4 is 9.80 Å². The van der Waals surface area contributed by atoms with Gasteiger partial charge in [0.1, 0.15) is 0 Å². The van der Waals surface area contributed by atoms with E-state index in [2.05, 4.69) is 289 Å². The minimum absolute atomic E-state index is 0.540. The molecule has 0 spiro atoms. The summed E-state index contributed by atoms with van der Waals surface area (Å²) in [5.74, 6) is 1.41. The van der Waals surface area contributed by atoms with Crippen molar-refractivity contribution in [2.45, 2.75) is 10.8 Å². The molecule has 3 heterocycles. The van der Waals surface area contributed by atoms with E-state index >= 15 is 0 Å². The van der Waals surface area contributed by atoms with Crippen molar-refractivity contribution < 1.29 is 0 Å². The van der Waals surface area contributed by atoms with Crippen LogP contribution in [0.15, 0.2) is 297 Å². The van der Waals surface area contributed by atoms with Crippen LogP contribution in [0.2, 0.25) is 0 Å². The average Bonchev–Trinajstić information content (AvgIpc) is 3.99. The van der Waals surface area contributed by atoms with Gasteiger partial charge in [-0.15, -0.1) is 5.10 Å². The van der Waals surface area contributed by atoms with Crippen molar-refractivity contribution >= 4 is 34.1 Å². The summed E-state index contributed by atoms with van der Waals surface area (Å²) in [6.07, 6.45) is 0. The fourth-order valence-corrected chi connectivity index (χ4v) is 12.3. The van der Waals surface area contributed by atoms with Gasteiger partial charge in [-0.05, 0) is 117 Å². The number of fused-ring (bicyclic) bond motifs is 4. The van der Waals surface area contributed by atoms with Crippen molar-refractivity contribution in [1.29, 1.82) is 0 Å². The third-order valence-electron chi connectivity index (χ3n) is 15.4. The highest BCUT2D eigenvalue weighted by atomic mass is 15.4. The van der Waals surface area contributed by atoms with Crippen LogP contribution >= 0.6 is 0 Å². The quantitative estimate of drug-likeness (QED) is 0.144. The molecule has 0 saturated heterocycles. The van der Waals surface area contributed by atoms with Crippen LogP contribution in [0.5, 0.6) is 0 Å². The number of benzene rings is 11. The molecular weight excluding hydrogens is 911 g/mol. The number of para-hydroxylation sites is 4. The Morgan fingerprint density at radius 3 is 0.907 bits per heavy atom. The zero-order chi connectivity index (χ0) is 49.8. The molecule has 0 saturated carbocycles. The minimum atomic E-state index is -0.541. The Morgan fingerprint density at radius 2 is 0.547 bits per heavy atom. The van der Waals surface area contributed by atoms with Crippen molar-refractivity contribution in [3.05, 3.63) is 342 Å². The molecule has 0 bridgehead atoms. The molecule has 5 heteroatoms. The Labute approximate surface area is 437 Å². The number of rotatable bonds is 9. The number of nitrogens with zero attached hydrogens (tertiary/aromatic N) is 5. The van der Waals surface area contributed by atoms with Gasteiger partial charge in [-0.3, -0.25) is 0 Å². The SMILES string of the molecule is c1ccc(-c2nc(-c3ccc(N4c5ccccc5C(c5ccccc5)(c5ccccc5)c5ccccc54)cc3)n(-c3ccc(N4c5ccccc5C(c5ccccc5)(c5ccccc5)c5ccccc54)cc3)n2)cc1.